The molecule has 10 nitrogen and oxygen atoms in total. The van der Waals surface area contributed by atoms with E-state index < -0.39 is 26.0 Å². The van der Waals surface area contributed by atoms with Crippen molar-refractivity contribution in [1.82, 2.24) is 14.3 Å². The van der Waals surface area contributed by atoms with Gasteiger partial charge in [-0.2, -0.15) is 4.31 Å². The van der Waals surface area contributed by atoms with Crippen LogP contribution in [0.1, 0.15) is 41.5 Å². The second kappa shape index (κ2) is 10.6. The quantitative estimate of drug-likeness (QED) is 0.464. The van der Waals surface area contributed by atoms with Gasteiger partial charge in [-0.3, -0.25) is 4.79 Å². The van der Waals surface area contributed by atoms with Gasteiger partial charge in [0.2, 0.25) is 16.0 Å². The van der Waals surface area contributed by atoms with Gasteiger partial charge in [0.25, 0.3) is 15.9 Å². The molecule has 0 unspecified atom stereocenters. The van der Waals surface area contributed by atoms with Crippen molar-refractivity contribution in [3.63, 3.8) is 0 Å². The van der Waals surface area contributed by atoms with Crippen molar-refractivity contribution in [2.45, 2.75) is 43.4 Å². The third-order valence-electron chi connectivity index (χ3n) is 6.00. The number of carbonyl (C=O) groups is 1. The van der Waals surface area contributed by atoms with E-state index in [0.717, 1.165) is 12.8 Å². The molecule has 0 radical (unpaired) electrons. The number of carbonyl (C=O) groups excluding carboxylic acids is 1. The van der Waals surface area contributed by atoms with Crippen molar-refractivity contribution < 1.29 is 21.6 Å². The first-order valence-electron chi connectivity index (χ1n) is 11.8. The van der Waals surface area contributed by atoms with Gasteiger partial charge >= 0.3 is 0 Å². The molecule has 2 aromatic carbocycles. The summed E-state index contributed by atoms with van der Waals surface area (Å²) in [6.45, 7) is 6.50. The lowest BCUT2D eigenvalue weighted by Gasteiger charge is -2.30. The Hall–Kier alpha value is -3.35. The Bertz CT molecular complexity index is 1490. The molecule has 1 amide bonds. The number of benzene rings is 2. The molecule has 37 heavy (non-hydrogen) atoms. The third kappa shape index (κ3) is 6.32. The molecule has 0 saturated carbocycles. The standard InChI is InChI=1S/C25H29N5O5S2/c1-17-5-4-14-30(16-17)37(34,35)23-10-6-20(7-11-23)24(31)28-21-8-12-22(13-9-21)36(32,33)29-25-26-18(2)15-19(3)27-25/h6-13,15,17H,4-5,14,16H2,1-3H3,(H,28,31)(H,26,27,29)/t17-/m1/s1. The molecule has 0 bridgehead atoms. The van der Waals surface area contributed by atoms with Crippen molar-refractivity contribution in [2.75, 3.05) is 23.1 Å². The van der Waals surface area contributed by atoms with Gasteiger partial charge in [0.1, 0.15) is 0 Å². The minimum Gasteiger partial charge on any atom is -0.322 e. The zero-order chi connectivity index (χ0) is 26.8. The average molecular weight is 544 g/mol. The van der Waals surface area contributed by atoms with Crippen LogP contribution in [0, 0.1) is 19.8 Å². The fourth-order valence-electron chi connectivity index (χ4n) is 4.16. The molecule has 0 spiro atoms. The number of rotatable bonds is 7. The van der Waals surface area contributed by atoms with Gasteiger partial charge in [-0.25, -0.2) is 31.5 Å². The van der Waals surface area contributed by atoms with Crippen molar-refractivity contribution in [3.8, 4) is 0 Å². The van der Waals surface area contributed by atoms with Crippen LogP contribution < -0.4 is 10.0 Å². The second-order valence-electron chi connectivity index (χ2n) is 9.19. The van der Waals surface area contributed by atoms with Crippen LogP contribution in [0.25, 0.3) is 0 Å². The lowest BCUT2D eigenvalue weighted by atomic mass is 10.0. The van der Waals surface area contributed by atoms with E-state index in [0.29, 0.717) is 36.1 Å². The molecule has 196 valence electrons. The number of hydrogen-bond acceptors (Lipinski definition) is 7. The Morgan fingerprint density at radius 1 is 0.919 bits per heavy atom. The Morgan fingerprint density at radius 2 is 1.51 bits per heavy atom. The number of hydrogen-bond donors (Lipinski definition) is 2. The second-order valence-corrected chi connectivity index (χ2v) is 12.8. The Kier molecular flexibility index (Phi) is 7.62. The minimum atomic E-state index is -3.92. The van der Waals surface area contributed by atoms with E-state index >= 15 is 0 Å². The lowest BCUT2D eigenvalue weighted by molar-refractivity contribution is 0.102. The monoisotopic (exact) mass is 543 g/mol. The molecule has 4 rings (SSSR count). The highest BCUT2D eigenvalue weighted by atomic mass is 32.2. The average Bonchev–Trinajstić information content (AvgIpc) is 2.83. The summed E-state index contributed by atoms with van der Waals surface area (Å²) in [6, 6.07) is 13.2. The fraction of sp³-hybridized carbons (Fsp3) is 0.320. The summed E-state index contributed by atoms with van der Waals surface area (Å²) >= 11 is 0. The SMILES string of the molecule is Cc1cc(C)nc(NS(=O)(=O)c2ccc(NC(=O)c3ccc(S(=O)(=O)N4CCC[C@@H](C)C4)cc3)cc2)n1. The van der Waals surface area contributed by atoms with Crippen LogP contribution in [-0.4, -0.2) is 50.1 Å². The molecular formula is C25H29N5O5S2. The van der Waals surface area contributed by atoms with Crippen LogP contribution in [0.5, 0.6) is 0 Å². The van der Waals surface area contributed by atoms with E-state index in [9.17, 15) is 21.6 Å². The van der Waals surface area contributed by atoms with E-state index in [1.54, 1.807) is 19.9 Å². The first-order valence-corrected chi connectivity index (χ1v) is 14.7. The molecule has 0 aliphatic carbocycles. The Balaban J connectivity index is 1.42. The zero-order valence-electron chi connectivity index (χ0n) is 20.8. The number of anilines is 2. The number of nitrogens with zero attached hydrogens (tertiary/aromatic N) is 3. The number of amides is 1. The van der Waals surface area contributed by atoms with Crippen molar-refractivity contribution in [2.24, 2.45) is 5.92 Å². The van der Waals surface area contributed by atoms with Gasteiger partial charge in [0.05, 0.1) is 9.79 Å². The fourth-order valence-corrected chi connectivity index (χ4v) is 6.71. The van der Waals surface area contributed by atoms with Crippen LogP contribution in [0.2, 0.25) is 0 Å². The van der Waals surface area contributed by atoms with E-state index in [4.69, 9.17) is 0 Å². The normalized spacial score (nSPS) is 16.8. The summed E-state index contributed by atoms with van der Waals surface area (Å²) in [6.07, 6.45) is 1.84. The first kappa shape index (κ1) is 26.7. The molecule has 1 saturated heterocycles. The highest BCUT2D eigenvalue weighted by Gasteiger charge is 2.28. The molecule has 1 aliphatic rings. The number of aryl methyl sites for hydroxylation is 2. The lowest BCUT2D eigenvalue weighted by Crippen LogP contribution is -2.39. The highest BCUT2D eigenvalue weighted by Crippen LogP contribution is 2.24. The van der Waals surface area contributed by atoms with Gasteiger partial charge in [0.15, 0.2) is 0 Å². The van der Waals surface area contributed by atoms with Gasteiger partial charge < -0.3 is 5.32 Å². The number of aromatic nitrogens is 2. The van der Waals surface area contributed by atoms with Gasteiger partial charge in [-0.1, -0.05) is 6.92 Å². The maximum Gasteiger partial charge on any atom is 0.264 e. The van der Waals surface area contributed by atoms with Gasteiger partial charge in [0, 0.05) is 35.7 Å². The van der Waals surface area contributed by atoms with Crippen LogP contribution in [0.15, 0.2) is 64.4 Å². The smallest absolute Gasteiger partial charge is 0.264 e. The Labute approximate surface area is 217 Å². The summed E-state index contributed by atoms with van der Waals surface area (Å²) in [7, 11) is -7.54. The topological polar surface area (TPSA) is 138 Å². The molecule has 1 fully saturated rings. The van der Waals surface area contributed by atoms with Crippen LogP contribution in [-0.2, 0) is 20.0 Å². The minimum absolute atomic E-state index is 0.0184. The molecule has 1 atom stereocenters. The van der Waals surface area contributed by atoms with Gasteiger partial charge in [-0.15, -0.1) is 0 Å². The zero-order valence-corrected chi connectivity index (χ0v) is 22.4. The Morgan fingerprint density at radius 3 is 2.11 bits per heavy atom. The molecule has 3 aromatic rings. The summed E-state index contributed by atoms with van der Waals surface area (Å²) in [5.74, 6) is -0.158. The predicted molar refractivity (Wildman–Crippen MR) is 140 cm³/mol. The number of nitrogens with one attached hydrogen (secondary N) is 2. The van der Waals surface area contributed by atoms with Gasteiger partial charge in [-0.05, 0) is 87.2 Å². The van der Waals surface area contributed by atoms with E-state index in [1.807, 2.05) is 6.92 Å². The maximum absolute atomic E-state index is 12.9. The van der Waals surface area contributed by atoms with E-state index in [-0.39, 0.29) is 21.3 Å². The van der Waals surface area contributed by atoms with Crippen molar-refractivity contribution in [1.29, 1.82) is 0 Å². The summed E-state index contributed by atoms with van der Waals surface area (Å²) in [5, 5.41) is 2.69. The summed E-state index contributed by atoms with van der Waals surface area (Å²) in [4.78, 5) is 21.0. The van der Waals surface area contributed by atoms with Crippen molar-refractivity contribution in [3.05, 3.63) is 71.5 Å². The predicted octanol–water partition coefficient (Wildman–Crippen LogP) is 3.57. The largest absolute Gasteiger partial charge is 0.322 e. The highest BCUT2D eigenvalue weighted by molar-refractivity contribution is 7.92. The van der Waals surface area contributed by atoms with Crippen LogP contribution >= 0.6 is 0 Å². The maximum atomic E-state index is 12.9. The molecule has 2 heterocycles. The number of piperidine rings is 1. The first-order chi connectivity index (χ1) is 17.4. The molecule has 12 heteroatoms. The molecular weight excluding hydrogens is 514 g/mol. The third-order valence-corrected chi connectivity index (χ3v) is 9.23. The summed E-state index contributed by atoms with van der Waals surface area (Å²) < 4.78 is 55.1. The van der Waals surface area contributed by atoms with Crippen LogP contribution in [0.3, 0.4) is 0 Å². The summed E-state index contributed by atoms with van der Waals surface area (Å²) in [5.41, 5.74) is 1.92. The molecule has 1 aliphatic heterocycles. The molecule has 2 N–H and O–H groups in total. The van der Waals surface area contributed by atoms with Crippen LogP contribution in [0.4, 0.5) is 11.6 Å². The van der Waals surface area contributed by atoms with E-state index in [1.165, 1.54) is 52.8 Å². The number of sulfonamides is 2. The van der Waals surface area contributed by atoms with E-state index in [2.05, 4.69) is 20.0 Å². The van der Waals surface area contributed by atoms with Crippen molar-refractivity contribution >= 4 is 37.6 Å². The molecule has 1 aromatic heterocycles.